The smallest absolute Gasteiger partial charge is 0.321 e. The predicted molar refractivity (Wildman–Crippen MR) is 141 cm³/mol. The zero-order valence-electron chi connectivity index (χ0n) is 20.5. The van der Waals surface area contributed by atoms with Crippen molar-refractivity contribution in [2.75, 3.05) is 55.7 Å². The molecule has 0 unspecified atom stereocenters. The summed E-state index contributed by atoms with van der Waals surface area (Å²) in [5, 5.41) is 0.976. The second kappa shape index (κ2) is 11.0. The fourth-order valence-electron chi connectivity index (χ4n) is 5.25. The van der Waals surface area contributed by atoms with E-state index in [0.29, 0.717) is 12.4 Å². The summed E-state index contributed by atoms with van der Waals surface area (Å²) < 4.78 is 12.0. The Labute approximate surface area is 207 Å². The van der Waals surface area contributed by atoms with Gasteiger partial charge in [-0.3, -0.25) is 4.90 Å². The molecule has 7 heteroatoms. The van der Waals surface area contributed by atoms with Crippen LogP contribution in [0.5, 0.6) is 5.75 Å². The summed E-state index contributed by atoms with van der Waals surface area (Å²) in [6, 6.07) is 15.8. The SMILES string of the molecule is NC(=O)N(CCCCN1CCCN(c2cccc3c2OCCCC3)CC1)c1cc2ccccc2o1. The van der Waals surface area contributed by atoms with Crippen molar-refractivity contribution in [3.8, 4) is 5.75 Å². The maximum absolute atomic E-state index is 12.1. The van der Waals surface area contributed by atoms with Gasteiger partial charge in [0.1, 0.15) is 11.3 Å². The van der Waals surface area contributed by atoms with Crippen molar-refractivity contribution < 1.29 is 13.9 Å². The molecule has 5 rings (SSSR count). The first kappa shape index (κ1) is 23.5. The van der Waals surface area contributed by atoms with Gasteiger partial charge in [-0.2, -0.15) is 0 Å². The number of carbonyl (C=O) groups is 1. The summed E-state index contributed by atoms with van der Waals surface area (Å²) >= 11 is 0. The molecule has 0 bridgehead atoms. The van der Waals surface area contributed by atoms with Gasteiger partial charge in [0, 0.05) is 37.6 Å². The molecule has 1 saturated heterocycles. The Kier molecular flexibility index (Phi) is 7.42. The fourth-order valence-corrected chi connectivity index (χ4v) is 5.25. The molecule has 0 spiro atoms. The maximum atomic E-state index is 12.1. The lowest BCUT2D eigenvalue weighted by Gasteiger charge is -2.26. The molecule has 0 saturated carbocycles. The van der Waals surface area contributed by atoms with Crippen LogP contribution in [-0.4, -0.2) is 56.8 Å². The maximum Gasteiger partial charge on any atom is 0.321 e. The number of unbranched alkanes of at least 4 members (excludes halogenated alkanes) is 1. The van der Waals surface area contributed by atoms with E-state index in [1.807, 2.05) is 30.3 Å². The van der Waals surface area contributed by atoms with Crippen molar-refractivity contribution in [3.63, 3.8) is 0 Å². The van der Waals surface area contributed by atoms with Crippen LogP contribution in [-0.2, 0) is 6.42 Å². The van der Waals surface area contributed by atoms with E-state index in [4.69, 9.17) is 14.9 Å². The highest BCUT2D eigenvalue weighted by Gasteiger charge is 2.21. The lowest BCUT2D eigenvalue weighted by Crippen LogP contribution is -2.37. The summed E-state index contributed by atoms with van der Waals surface area (Å²) in [4.78, 5) is 18.7. The van der Waals surface area contributed by atoms with E-state index in [9.17, 15) is 4.79 Å². The third-order valence-electron chi connectivity index (χ3n) is 7.14. The molecule has 0 aliphatic carbocycles. The van der Waals surface area contributed by atoms with Gasteiger partial charge in [-0.15, -0.1) is 0 Å². The van der Waals surface area contributed by atoms with E-state index < -0.39 is 6.03 Å². The number of nitrogens with zero attached hydrogens (tertiary/aromatic N) is 3. The van der Waals surface area contributed by atoms with E-state index in [-0.39, 0.29) is 0 Å². The van der Waals surface area contributed by atoms with E-state index >= 15 is 0 Å². The van der Waals surface area contributed by atoms with E-state index in [0.717, 1.165) is 88.2 Å². The number of carbonyl (C=O) groups excluding carboxylic acids is 1. The second-order valence-electron chi connectivity index (χ2n) is 9.57. The Balaban J connectivity index is 1.13. The number of ether oxygens (including phenoxy) is 1. The van der Waals surface area contributed by atoms with Crippen molar-refractivity contribution in [1.29, 1.82) is 0 Å². The van der Waals surface area contributed by atoms with Gasteiger partial charge in [0.05, 0.1) is 12.3 Å². The molecule has 0 radical (unpaired) electrons. The molecule has 3 aromatic rings. The molecular formula is C28H36N4O3. The van der Waals surface area contributed by atoms with Gasteiger partial charge in [0.25, 0.3) is 0 Å². The number of fused-ring (bicyclic) bond motifs is 2. The number of hydrogen-bond acceptors (Lipinski definition) is 5. The summed E-state index contributed by atoms with van der Waals surface area (Å²) in [5.74, 6) is 1.63. The van der Waals surface area contributed by atoms with Crippen LogP contribution in [0.3, 0.4) is 0 Å². The number of rotatable bonds is 7. The number of primary amides is 1. The molecule has 2 N–H and O–H groups in total. The van der Waals surface area contributed by atoms with Crippen LogP contribution in [0.2, 0.25) is 0 Å². The van der Waals surface area contributed by atoms with Gasteiger partial charge in [-0.25, -0.2) is 4.79 Å². The minimum atomic E-state index is -0.473. The van der Waals surface area contributed by atoms with Crippen molar-refractivity contribution in [1.82, 2.24) is 4.90 Å². The Morgan fingerprint density at radius 1 is 0.971 bits per heavy atom. The van der Waals surface area contributed by atoms with Crippen LogP contribution in [0.4, 0.5) is 16.4 Å². The van der Waals surface area contributed by atoms with Crippen molar-refractivity contribution >= 4 is 28.6 Å². The van der Waals surface area contributed by atoms with Crippen molar-refractivity contribution in [2.24, 2.45) is 5.73 Å². The third-order valence-corrected chi connectivity index (χ3v) is 7.14. The Morgan fingerprint density at radius 2 is 1.89 bits per heavy atom. The summed E-state index contributed by atoms with van der Waals surface area (Å²) in [6.07, 6.45) is 6.46. The minimum Gasteiger partial charge on any atom is -0.491 e. The number of anilines is 2. The van der Waals surface area contributed by atoms with Gasteiger partial charge < -0.3 is 24.7 Å². The van der Waals surface area contributed by atoms with Crippen LogP contribution in [0.25, 0.3) is 11.0 Å². The molecular weight excluding hydrogens is 440 g/mol. The quantitative estimate of drug-likeness (QED) is 0.485. The average molecular weight is 477 g/mol. The number of hydrogen-bond donors (Lipinski definition) is 1. The predicted octanol–water partition coefficient (Wildman–Crippen LogP) is 5.03. The first-order valence-electron chi connectivity index (χ1n) is 13.0. The molecule has 2 amide bonds. The summed E-state index contributed by atoms with van der Waals surface area (Å²) in [7, 11) is 0. The molecule has 1 aromatic heterocycles. The van der Waals surface area contributed by atoms with Crippen LogP contribution in [0.1, 0.15) is 37.7 Å². The Morgan fingerprint density at radius 3 is 2.77 bits per heavy atom. The number of nitrogens with two attached hydrogens (primary N) is 1. The molecule has 1 fully saturated rings. The highest BCUT2D eigenvalue weighted by atomic mass is 16.5. The first-order valence-corrected chi connectivity index (χ1v) is 13.0. The van der Waals surface area contributed by atoms with Gasteiger partial charge in [-0.05, 0) is 69.3 Å². The topological polar surface area (TPSA) is 75.2 Å². The number of aryl methyl sites for hydroxylation is 1. The Bertz CT molecular complexity index is 1110. The first-order chi connectivity index (χ1) is 17.2. The van der Waals surface area contributed by atoms with E-state index in [1.54, 1.807) is 4.90 Å². The largest absolute Gasteiger partial charge is 0.491 e. The van der Waals surface area contributed by atoms with Gasteiger partial charge >= 0.3 is 6.03 Å². The van der Waals surface area contributed by atoms with Gasteiger partial charge in [-0.1, -0.05) is 30.3 Å². The zero-order chi connectivity index (χ0) is 24.0. The summed E-state index contributed by atoms with van der Waals surface area (Å²) in [5.41, 5.74) is 9.04. The molecule has 186 valence electrons. The molecule has 35 heavy (non-hydrogen) atoms. The highest BCUT2D eigenvalue weighted by Crippen LogP contribution is 2.35. The van der Waals surface area contributed by atoms with Crippen LogP contribution < -0.4 is 20.3 Å². The normalized spacial score (nSPS) is 16.9. The molecule has 0 atom stereocenters. The van der Waals surface area contributed by atoms with E-state index in [1.165, 1.54) is 17.7 Å². The standard InChI is InChI=1S/C28H36N4O3/c29-28(33)32(26-21-23-10-1-2-13-25(23)35-26)17-5-4-14-30-15-8-16-31(19-18-30)24-12-7-11-22-9-3-6-20-34-27(22)24/h1-2,7,10-13,21H,3-6,8-9,14-20H2,(H2,29,33). The lowest BCUT2D eigenvalue weighted by atomic mass is 10.1. The number of para-hydroxylation sites is 2. The molecule has 2 aliphatic rings. The zero-order valence-corrected chi connectivity index (χ0v) is 20.5. The van der Waals surface area contributed by atoms with Gasteiger partial charge in [0.2, 0.25) is 5.88 Å². The number of furan rings is 1. The fraction of sp³-hybridized carbons (Fsp3) is 0.464. The average Bonchev–Trinajstić information content (AvgIpc) is 3.00. The molecule has 7 nitrogen and oxygen atoms in total. The van der Waals surface area contributed by atoms with Crippen LogP contribution in [0, 0.1) is 0 Å². The summed E-state index contributed by atoms with van der Waals surface area (Å²) in [6.45, 7) is 6.58. The molecule has 2 aromatic carbocycles. The minimum absolute atomic E-state index is 0.473. The Hall–Kier alpha value is -3.19. The number of benzene rings is 2. The van der Waals surface area contributed by atoms with Crippen LogP contribution in [0.15, 0.2) is 52.9 Å². The third kappa shape index (κ3) is 5.56. The van der Waals surface area contributed by atoms with Crippen LogP contribution >= 0.6 is 0 Å². The highest BCUT2D eigenvalue weighted by molar-refractivity contribution is 5.92. The number of urea groups is 1. The van der Waals surface area contributed by atoms with Gasteiger partial charge in [0.15, 0.2) is 0 Å². The van der Waals surface area contributed by atoms with Crippen molar-refractivity contribution in [3.05, 3.63) is 54.1 Å². The monoisotopic (exact) mass is 476 g/mol. The van der Waals surface area contributed by atoms with E-state index in [2.05, 4.69) is 28.0 Å². The molecule has 3 heterocycles. The lowest BCUT2D eigenvalue weighted by molar-refractivity contribution is 0.252. The molecule has 2 aliphatic heterocycles. The van der Waals surface area contributed by atoms with Crippen molar-refractivity contribution in [2.45, 2.75) is 38.5 Å². The second-order valence-corrected chi connectivity index (χ2v) is 9.57. The number of amides is 2.